The summed E-state index contributed by atoms with van der Waals surface area (Å²) in [6.07, 6.45) is 1.52. The van der Waals surface area contributed by atoms with E-state index in [0.29, 0.717) is 24.8 Å². The monoisotopic (exact) mass is 328 g/mol. The molecule has 3 atom stereocenters. The molecule has 2 aliphatic rings. The highest BCUT2D eigenvalue weighted by Crippen LogP contribution is 2.29. The minimum absolute atomic E-state index is 0.0645. The fourth-order valence-corrected chi connectivity index (χ4v) is 4.12. The summed E-state index contributed by atoms with van der Waals surface area (Å²) in [5, 5.41) is 0. The number of piperidine rings is 1. The molecule has 4 heteroatoms. The highest BCUT2D eigenvalue weighted by atomic mass is 16.2. The van der Waals surface area contributed by atoms with Crippen LogP contribution < -0.4 is 4.90 Å². The molecule has 0 radical (unpaired) electrons. The molecule has 24 heavy (non-hydrogen) atoms. The van der Waals surface area contributed by atoms with Crippen LogP contribution in [-0.4, -0.2) is 36.3 Å². The summed E-state index contributed by atoms with van der Waals surface area (Å²) in [5.74, 6) is 1.12. The summed E-state index contributed by atoms with van der Waals surface area (Å²) in [6.45, 7) is 10.7. The van der Waals surface area contributed by atoms with Gasteiger partial charge in [-0.1, -0.05) is 19.9 Å². The molecule has 1 aromatic rings. The number of benzene rings is 1. The highest BCUT2D eigenvalue weighted by Gasteiger charge is 2.38. The summed E-state index contributed by atoms with van der Waals surface area (Å²) >= 11 is 0. The highest BCUT2D eigenvalue weighted by molar-refractivity contribution is 6.00. The fraction of sp³-hybridized carbons (Fsp3) is 0.600. The average molecular weight is 328 g/mol. The first kappa shape index (κ1) is 17.0. The molecule has 0 aromatic heterocycles. The normalized spacial score (nSPS) is 27.7. The van der Waals surface area contributed by atoms with Gasteiger partial charge in [-0.2, -0.15) is 0 Å². The van der Waals surface area contributed by atoms with E-state index in [2.05, 4.69) is 27.7 Å². The van der Waals surface area contributed by atoms with Gasteiger partial charge in [0.25, 0.3) is 0 Å². The van der Waals surface area contributed by atoms with Crippen LogP contribution in [0.1, 0.15) is 37.8 Å². The van der Waals surface area contributed by atoms with Crippen molar-refractivity contribution in [2.24, 2.45) is 17.8 Å². The number of rotatable bonds is 2. The van der Waals surface area contributed by atoms with E-state index >= 15 is 0 Å². The largest absolute Gasteiger partial charge is 0.342 e. The molecule has 2 fully saturated rings. The molecule has 3 rings (SSSR count). The molecule has 0 spiro atoms. The van der Waals surface area contributed by atoms with Crippen molar-refractivity contribution < 1.29 is 9.59 Å². The van der Waals surface area contributed by atoms with E-state index in [4.69, 9.17) is 0 Å². The Kier molecular flexibility index (Phi) is 4.66. The smallest absolute Gasteiger partial charge is 0.228 e. The first-order valence-corrected chi connectivity index (χ1v) is 9.01. The number of nitrogens with zero attached hydrogens (tertiary/aromatic N) is 2. The van der Waals surface area contributed by atoms with Crippen molar-refractivity contribution >= 4 is 17.5 Å². The summed E-state index contributed by atoms with van der Waals surface area (Å²) in [4.78, 5) is 29.1. The lowest BCUT2D eigenvalue weighted by atomic mass is 9.91. The van der Waals surface area contributed by atoms with Crippen molar-refractivity contribution in [3.63, 3.8) is 0 Å². The van der Waals surface area contributed by atoms with Gasteiger partial charge in [0.05, 0.1) is 5.92 Å². The molecule has 2 heterocycles. The SMILES string of the molecule is Cc1ccc(N2CC(C(=O)N3CC(C)CC(C)C3)CC2=O)cc1C. The van der Waals surface area contributed by atoms with E-state index in [1.807, 2.05) is 23.1 Å². The Bertz CT molecular complexity index is 645. The van der Waals surface area contributed by atoms with Gasteiger partial charge in [-0.15, -0.1) is 0 Å². The van der Waals surface area contributed by atoms with E-state index in [1.54, 1.807) is 4.90 Å². The lowest BCUT2D eigenvalue weighted by Gasteiger charge is -2.36. The topological polar surface area (TPSA) is 40.6 Å². The molecule has 0 bridgehead atoms. The third kappa shape index (κ3) is 3.33. The maximum absolute atomic E-state index is 12.9. The standard InChI is InChI=1S/C20H28N2O2/c1-13-7-14(2)11-21(10-13)20(24)17-9-19(23)22(12-17)18-6-5-15(3)16(4)8-18/h5-6,8,13-14,17H,7,9-12H2,1-4H3. The summed E-state index contributed by atoms with van der Waals surface area (Å²) < 4.78 is 0. The van der Waals surface area contributed by atoms with Crippen LogP contribution in [0.25, 0.3) is 0 Å². The predicted molar refractivity (Wildman–Crippen MR) is 95.9 cm³/mol. The van der Waals surface area contributed by atoms with Crippen molar-refractivity contribution in [1.29, 1.82) is 0 Å². The first-order chi connectivity index (χ1) is 11.3. The molecule has 2 aliphatic heterocycles. The van der Waals surface area contributed by atoms with Crippen molar-refractivity contribution in [1.82, 2.24) is 4.90 Å². The second kappa shape index (κ2) is 6.58. The van der Waals surface area contributed by atoms with Crippen LogP contribution in [0.5, 0.6) is 0 Å². The minimum Gasteiger partial charge on any atom is -0.342 e. The van der Waals surface area contributed by atoms with Crippen LogP contribution in [0.3, 0.4) is 0 Å². The van der Waals surface area contributed by atoms with Crippen LogP contribution in [0.15, 0.2) is 18.2 Å². The number of aryl methyl sites for hydroxylation is 2. The lowest BCUT2D eigenvalue weighted by Crippen LogP contribution is -2.45. The molecular weight excluding hydrogens is 300 g/mol. The summed E-state index contributed by atoms with van der Waals surface area (Å²) in [5.41, 5.74) is 3.31. The Morgan fingerprint density at radius 3 is 2.33 bits per heavy atom. The van der Waals surface area contributed by atoms with E-state index < -0.39 is 0 Å². The Balaban J connectivity index is 1.72. The second-order valence-electron chi connectivity index (χ2n) is 7.86. The van der Waals surface area contributed by atoms with E-state index in [-0.39, 0.29) is 17.7 Å². The number of anilines is 1. The molecule has 0 saturated carbocycles. The second-order valence-corrected chi connectivity index (χ2v) is 7.86. The van der Waals surface area contributed by atoms with Crippen LogP contribution in [0.2, 0.25) is 0 Å². The number of likely N-dealkylation sites (tertiary alicyclic amines) is 1. The molecular formula is C20H28N2O2. The maximum Gasteiger partial charge on any atom is 0.228 e. The van der Waals surface area contributed by atoms with E-state index in [9.17, 15) is 9.59 Å². The predicted octanol–water partition coefficient (Wildman–Crippen LogP) is 3.16. The summed E-state index contributed by atoms with van der Waals surface area (Å²) in [7, 11) is 0. The molecule has 3 unspecified atom stereocenters. The number of amides is 2. The fourth-order valence-electron chi connectivity index (χ4n) is 4.12. The van der Waals surface area contributed by atoms with Crippen molar-refractivity contribution in [2.75, 3.05) is 24.5 Å². The molecule has 130 valence electrons. The number of carbonyl (C=O) groups excluding carboxylic acids is 2. The molecule has 2 saturated heterocycles. The molecule has 0 aliphatic carbocycles. The van der Waals surface area contributed by atoms with Crippen LogP contribution >= 0.6 is 0 Å². The molecule has 1 aromatic carbocycles. The van der Waals surface area contributed by atoms with E-state index in [1.165, 1.54) is 17.5 Å². The zero-order valence-electron chi connectivity index (χ0n) is 15.2. The van der Waals surface area contributed by atoms with Gasteiger partial charge in [-0.05, 0) is 55.4 Å². The zero-order valence-corrected chi connectivity index (χ0v) is 15.2. The first-order valence-electron chi connectivity index (χ1n) is 9.01. The van der Waals surface area contributed by atoms with Gasteiger partial charge in [0, 0.05) is 31.7 Å². The number of hydrogen-bond acceptors (Lipinski definition) is 2. The Morgan fingerprint density at radius 1 is 1.04 bits per heavy atom. The Morgan fingerprint density at radius 2 is 1.71 bits per heavy atom. The Labute approximate surface area is 144 Å². The minimum atomic E-state index is -0.198. The Hall–Kier alpha value is -1.84. The van der Waals surface area contributed by atoms with Gasteiger partial charge in [-0.3, -0.25) is 9.59 Å². The van der Waals surface area contributed by atoms with Crippen LogP contribution in [0.4, 0.5) is 5.69 Å². The lowest BCUT2D eigenvalue weighted by molar-refractivity contribution is -0.138. The molecule has 2 amide bonds. The third-order valence-corrected chi connectivity index (χ3v) is 5.46. The number of carbonyl (C=O) groups is 2. The van der Waals surface area contributed by atoms with Gasteiger partial charge in [0.15, 0.2) is 0 Å². The van der Waals surface area contributed by atoms with Gasteiger partial charge >= 0.3 is 0 Å². The molecule has 4 nitrogen and oxygen atoms in total. The average Bonchev–Trinajstić information content (AvgIpc) is 2.90. The van der Waals surface area contributed by atoms with Crippen molar-refractivity contribution in [3.05, 3.63) is 29.3 Å². The zero-order chi connectivity index (χ0) is 17.4. The number of hydrogen-bond donors (Lipinski definition) is 0. The summed E-state index contributed by atoms with van der Waals surface area (Å²) in [6, 6.07) is 6.07. The van der Waals surface area contributed by atoms with Crippen molar-refractivity contribution in [3.8, 4) is 0 Å². The van der Waals surface area contributed by atoms with E-state index in [0.717, 1.165) is 18.8 Å². The van der Waals surface area contributed by atoms with Gasteiger partial charge < -0.3 is 9.80 Å². The maximum atomic E-state index is 12.9. The van der Waals surface area contributed by atoms with Crippen molar-refractivity contribution in [2.45, 2.75) is 40.5 Å². The molecule has 0 N–H and O–H groups in total. The van der Waals surface area contributed by atoms with Crippen LogP contribution in [0, 0.1) is 31.6 Å². The third-order valence-electron chi connectivity index (χ3n) is 5.46. The van der Waals surface area contributed by atoms with Crippen LogP contribution in [-0.2, 0) is 9.59 Å². The van der Waals surface area contributed by atoms with Gasteiger partial charge in [-0.25, -0.2) is 0 Å². The van der Waals surface area contributed by atoms with Gasteiger partial charge in [0.1, 0.15) is 0 Å². The van der Waals surface area contributed by atoms with Gasteiger partial charge in [0.2, 0.25) is 11.8 Å². The quantitative estimate of drug-likeness (QED) is 0.837.